The van der Waals surface area contributed by atoms with E-state index in [1.807, 2.05) is 6.92 Å². The third kappa shape index (κ3) is 2.76. The number of aromatic nitrogens is 6. The summed E-state index contributed by atoms with van der Waals surface area (Å²) in [5.41, 5.74) is 3.63. The molecular weight excluding hydrogens is 318 g/mol. The number of rotatable bonds is 4. The smallest absolute Gasteiger partial charge is 0.160 e. The lowest BCUT2D eigenvalue weighted by Gasteiger charge is -2.22. The molecule has 130 valence electrons. The van der Waals surface area contributed by atoms with Gasteiger partial charge >= 0.3 is 0 Å². The number of H-pyrrole nitrogens is 1. The van der Waals surface area contributed by atoms with Gasteiger partial charge in [-0.25, -0.2) is 9.97 Å². The van der Waals surface area contributed by atoms with Crippen LogP contribution < -0.4 is 5.32 Å². The molecule has 2 N–H and O–H groups in total. The average Bonchev–Trinajstić information content (AvgIpc) is 3.27. The number of hydrogen-bond acceptors (Lipinski definition) is 6. The van der Waals surface area contributed by atoms with Crippen LogP contribution in [0.5, 0.6) is 0 Å². The van der Waals surface area contributed by atoms with Gasteiger partial charge in [0.1, 0.15) is 16.9 Å². The molecule has 2 aliphatic rings. The summed E-state index contributed by atoms with van der Waals surface area (Å²) in [6, 6.07) is 0.405. The van der Waals surface area contributed by atoms with Crippen LogP contribution in [-0.2, 0) is 4.74 Å². The number of anilines is 2. The maximum atomic E-state index is 5.45. The maximum Gasteiger partial charge on any atom is 0.160 e. The average molecular weight is 339 g/mol. The molecule has 3 aromatic rings. The minimum atomic E-state index is 0.405. The summed E-state index contributed by atoms with van der Waals surface area (Å²) in [6.07, 6.45) is 8.18. The van der Waals surface area contributed by atoms with Crippen molar-refractivity contribution in [2.45, 2.75) is 44.6 Å². The lowest BCUT2D eigenvalue weighted by Crippen LogP contribution is -2.19. The minimum absolute atomic E-state index is 0.405. The summed E-state index contributed by atoms with van der Waals surface area (Å²) < 4.78 is 7.51. The Balaban J connectivity index is 1.48. The molecule has 0 atom stereocenters. The Kier molecular flexibility index (Phi) is 3.44. The zero-order valence-corrected chi connectivity index (χ0v) is 14.2. The number of fused-ring (bicyclic) bond motifs is 1. The molecule has 1 saturated carbocycles. The van der Waals surface area contributed by atoms with Gasteiger partial charge in [0.05, 0.1) is 23.6 Å². The van der Waals surface area contributed by atoms with Gasteiger partial charge in [0.15, 0.2) is 5.82 Å². The highest BCUT2D eigenvalue weighted by Gasteiger charge is 2.28. The van der Waals surface area contributed by atoms with Crippen molar-refractivity contribution in [2.24, 2.45) is 0 Å². The lowest BCUT2D eigenvalue weighted by molar-refractivity contribution is 0.0662. The van der Waals surface area contributed by atoms with Gasteiger partial charge < -0.3 is 10.1 Å². The first-order valence-electron chi connectivity index (χ1n) is 8.89. The van der Waals surface area contributed by atoms with Crippen LogP contribution in [0, 0.1) is 6.92 Å². The highest BCUT2D eigenvalue weighted by atomic mass is 16.5. The monoisotopic (exact) mass is 339 g/mol. The predicted molar refractivity (Wildman–Crippen MR) is 93.0 cm³/mol. The second-order valence-electron chi connectivity index (χ2n) is 6.91. The van der Waals surface area contributed by atoms with Crippen LogP contribution in [0.25, 0.3) is 11.0 Å². The molecule has 25 heavy (non-hydrogen) atoms. The zero-order valence-electron chi connectivity index (χ0n) is 14.2. The fourth-order valence-corrected chi connectivity index (χ4v) is 3.34. The Morgan fingerprint density at radius 2 is 2.04 bits per heavy atom. The third-order valence-electron chi connectivity index (χ3n) is 4.99. The fourth-order valence-electron chi connectivity index (χ4n) is 3.34. The SMILES string of the molecule is Cc1nn(C2CCOCC2)cc1Nc1nc(C2CC2)nc2cn[nH]c12. The third-order valence-corrected chi connectivity index (χ3v) is 4.99. The standard InChI is InChI=1S/C17H21N7O/c1-10-14(9-24(23-10)12-4-6-25-7-5-12)20-17-15-13(8-18-22-15)19-16(21-17)11-2-3-11/h8-9,11-12H,2-7H2,1H3,(H,18,22)(H,19,20,21). The summed E-state index contributed by atoms with van der Waals surface area (Å²) in [5.74, 6) is 2.18. The van der Waals surface area contributed by atoms with Crippen LogP contribution in [0.15, 0.2) is 12.4 Å². The second kappa shape index (κ2) is 5.80. The second-order valence-corrected chi connectivity index (χ2v) is 6.91. The van der Waals surface area contributed by atoms with Gasteiger partial charge in [-0.05, 0) is 32.6 Å². The fraction of sp³-hybridized carbons (Fsp3) is 0.529. The maximum absolute atomic E-state index is 5.45. The van der Waals surface area contributed by atoms with Crippen molar-refractivity contribution in [3.63, 3.8) is 0 Å². The molecule has 8 nitrogen and oxygen atoms in total. The molecule has 3 aromatic heterocycles. The van der Waals surface area contributed by atoms with Crippen molar-refractivity contribution in [1.82, 2.24) is 29.9 Å². The summed E-state index contributed by atoms with van der Waals surface area (Å²) in [7, 11) is 0. The van der Waals surface area contributed by atoms with E-state index in [1.165, 1.54) is 12.8 Å². The van der Waals surface area contributed by atoms with Crippen LogP contribution in [0.1, 0.15) is 49.2 Å². The van der Waals surface area contributed by atoms with Crippen LogP contribution in [-0.4, -0.2) is 43.2 Å². The molecule has 0 amide bonds. The van der Waals surface area contributed by atoms with E-state index in [4.69, 9.17) is 14.8 Å². The van der Waals surface area contributed by atoms with Gasteiger partial charge in [-0.15, -0.1) is 0 Å². The molecule has 0 unspecified atom stereocenters. The van der Waals surface area contributed by atoms with Crippen molar-refractivity contribution in [3.8, 4) is 0 Å². The van der Waals surface area contributed by atoms with E-state index in [0.29, 0.717) is 12.0 Å². The van der Waals surface area contributed by atoms with Crippen molar-refractivity contribution in [2.75, 3.05) is 18.5 Å². The number of aryl methyl sites for hydroxylation is 1. The number of ether oxygens (including phenoxy) is 1. The van der Waals surface area contributed by atoms with E-state index >= 15 is 0 Å². The molecule has 0 aromatic carbocycles. The van der Waals surface area contributed by atoms with Crippen molar-refractivity contribution >= 4 is 22.5 Å². The van der Waals surface area contributed by atoms with Crippen LogP contribution in [0.3, 0.4) is 0 Å². The van der Waals surface area contributed by atoms with Gasteiger partial charge in [0.25, 0.3) is 0 Å². The van der Waals surface area contributed by atoms with E-state index in [1.54, 1.807) is 6.20 Å². The van der Waals surface area contributed by atoms with Crippen LogP contribution in [0.4, 0.5) is 11.5 Å². The Hall–Kier alpha value is -2.48. The van der Waals surface area contributed by atoms with E-state index < -0.39 is 0 Å². The van der Waals surface area contributed by atoms with Gasteiger partial charge in [0.2, 0.25) is 0 Å². The van der Waals surface area contributed by atoms with Gasteiger partial charge in [-0.2, -0.15) is 10.2 Å². The predicted octanol–water partition coefficient (Wildman–Crippen LogP) is 2.83. The molecule has 8 heteroatoms. The molecule has 0 bridgehead atoms. The lowest BCUT2D eigenvalue weighted by atomic mass is 10.1. The van der Waals surface area contributed by atoms with Gasteiger partial charge in [-0.1, -0.05) is 0 Å². The molecule has 1 aliphatic heterocycles. The molecular formula is C17H21N7O. The van der Waals surface area contributed by atoms with Crippen molar-refractivity contribution in [1.29, 1.82) is 0 Å². The van der Waals surface area contributed by atoms with Crippen LogP contribution >= 0.6 is 0 Å². The molecule has 1 saturated heterocycles. The minimum Gasteiger partial charge on any atom is -0.381 e. The Labute approximate surface area is 145 Å². The van der Waals surface area contributed by atoms with Crippen LogP contribution in [0.2, 0.25) is 0 Å². The zero-order chi connectivity index (χ0) is 16.8. The number of hydrogen-bond donors (Lipinski definition) is 2. The summed E-state index contributed by atoms with van der Waals surface area (Å²) >= 11 is 0. The normalized spacial score (nSPS) is 18.8. The summed E-state index contributed by atoms with van der Waals surface area (Å²) in [5, 5.41) is 15.3. The van der Waals surface area contributed by atoms with E-state index in [2.05, 4.69) is 31.4 Å². The summed E-state index contributed by atoms with van der Waals surface area (Å²) in [6.45, 7) is 3.63. The Bertz CT molecular complexity index is 905. The van der Waals surface area contributed by atoms with E-state index in [9.17, 15) is 0 Å². The molecule has 0 spiro atoms. The number of aromatic amines is 1. The first kappa shape index (κ1) is 14.8. The molecule has 0 radical (unpaired) electrons. The van der Waals surface area contributed by atoms with Crippen molar-refractivity contribution in [3.05, 3.63) is 23.9 Å². The Morgan fingerprint density at radius 3 is 2.84 bits per heavy atom. The molecule has 2 fully saturated rings. The first-order valence-corrected chi connectivity index (χ1v) is 8.89. The largest absolute Gasteiger partial charge is 0.381 e. The first-order chi connectivity index (χ1) is 12.3. The topological polar surface area (TPSA) is 93.5 Å². The van der Waals surface area contributed by atoms with E-state index in [-0.39, 0.29) is 0 Å². The molecule has 1 aliphatic carbocycles. The van der Waals surface area contributed by atoms with Gasteiger partial charge in [0, 0.05) is 25.3 Å². The van der Waals surface area contributed by atoms with Crippen molar-refractivity contribution < 1.29 is 4.74 Å². The number of nitrogens with zero attached hydrogens (tertiary/aromatic N) is 5. The highest BCUT2D eigenvalue weighted by molar-refractivity contribution is 5.87. The quantitative estimate of drug-likeness (QED) is 0.759. The molecule has 5 rings (SSSR count). The number of nitrogens with one attached hydrogen (secondary N) is 2. The van der Waals surface area contributed by atoms with E-state index in [0.717, 1.165) is 60.1 Å². The highest BCUT2D eigenvalue weighted by Crippen LogP contribution is 2.39. The Morgan fingerprint density at radius 1 is 1.20 bits per heavy atom. The summed E-state index contributed by atoms with van der Waals surface area (Å²) in [4.78, 5) is 9.36. The van der Waals surface area contributed by atoms with Gasteiger partial charge in [-0.3, -0.25) is 9.78 Å². The molecule has 4 heterocycles.